The lowest BCUT2D eigenvalue weighted by molar-refractivity contribution is -0.115. The molecule has 0 heterocycles. The second kappa shape index (κ2) is 6.77. The number of ether oxygens (including phenoxy) is 1. The first-order valence-electron chi connectivity index (χ1n) is 7.26. The van der Waals surface area contributed by atoms with Crippen LogP contribution in [0.15, 0.2) is 42.5 Å². The Morgan fingerprint density at radius 1 is 1.09 bits per heavy atom. The van der Waals surface area contributed by atoms with Gasteiger partial charge in [-0.3, -0.25) is 4.79 Å². The number of nitrogens with one attached hydrogen (secondary N) is 1. The summed E-state index contributed by atoms with van der Waals surface area (Å²) in [5.41, 5.74) is 0.439. The van der Waals surface area contributed by atoms with Gasteiger partial charge in [0.2, 0.25) is 5.91 Å². The molecule has 5 heteroatoms. The van der Waals surface area contributed by atoms with E-state index in [0.29, 0.717) is 5.75 Å². The molecule has 0 aliphatic rings. The van der Waals surface area contributed by atoms with E-state index in [2.05, 4.69) is 5.32 Å². The maximum atomic E-state index is 13.5. The zero-order valence-electron chi connectivity index (χ0n) is 13.3. The van der Waals surface area contributed by atoms with E-state index in [9.17, 15) is 13.6 Å². The van der Waals surface area contributed by atoms with Gasteiger partial charge in [-0.15, -0.1) is 0 Å². The molecule has 0 radical (unpaired) electrons. The average molecular weight is 319 g/mol. The Hall–Kier alpha value is -2.43. The fourth-order valence-electron chi connectivity index (χ4n) is 2.00. The highest BCUT2D eigenvalue weighted by Gasteiger charge is 2.12. The summed E-state index contributed by atoms with van der Waals surface area (Å²) in [4.78, 5) is 11.9. The van der Waals surface area contributed by atoms with Gasteiger partial charge in [-0.05, 0) is 50.6 Å². The van der Waals surface area contributed by atoms with E-state index in [-0.39, 0.29) is 23.6 Å². The molecule has 0 atom stereocenters. The zero-order valence-corrected chi connectivity index (χ0v) is 13.3. The van der Waals surface area contributed by atoms with E-state index in [1.54, 1.807) is 24.3 Å². The van der Waals surface area contributed by atoms with Crippen LogP contribution in [0.25, 0.3) is 0 Å². The highest BCUT2D eigenvalue weighted by molar-refractivity contribution is 5.92. The maximum Gasteiger partial charge on any atom is 0.228 e. The molecular formula is C18H19F2NO2. The third kappa shape index (κ3) is 5.36. The fraction of sp³-hybridized carbons (Fsp3) is 0.278. The van der Waals surface area contributed by atoms with Gasteiger partial charge in [0.05, 0.1) is 12.1 Å². The molecule has 0 aliphatic carbocycles. The summed E-state index contributed by atoms with van der Waals surface area (Å²) in [6.45, 7) is 5.85. The highest BCUT2D eigenvalue weighted by Crippen LogP contribution is 2.19. The number of carbonyl (C=O) groups is 1. The Labute approximate surface area is 134 Å². The minimum absolute atomic E-state index is 0.0379. The van der Waals surface area contributed by atoms with Crippen LogP contribution in [0.3, 0.4) is 0 Å². The summed E-state index contributed by atoms with van der Waals surface area (Å²) >= 11 is 0. The molecule has 0 aliphatic heterocycles. The first-order chi connectivity index (χ1) is 10.7. The van der Waals surface area contributed by atoms with Gasteiger partial charge in [0, 0.05) is 6.07 Å². The minimum Gasteiger partial charge on any atom is -0.488 e. The molecule has 1 N–H and O–H groups in total. The van der Waals surface area contributed by atoms with E-state index in [1.165, 1.54) is 6.07 Å². The van der Waals surface area contributed by atoms with Gasteiger partial charge in [0.25, 0.3) is 0 Å². The van der Waals surface area contributed by atoms with E-state index in [1.807, 2.05) is 20.8 Å². The number of amides is 1. The van der Waals surface area contributed by atoms with Crippen molar-refractivity contribution >= 4 is 11.6 Å². The van der Waals surface area contributed by atoms with Crippen LogP contribution in [0, 0.1) is 11.6 Å². The van der Waals surface area contributed by atoms with E-state index >= 15 is 0 Å². The molecule has 0 saturated carbocycles. The molecule has 2 aromatic rings. The van der Waals surface area contributed by atoms with Crippen LogP contribution in [-0.4, -0.2) is 11.5 Å². The summed E-state index contributed by atoms with van der Waals surface area (Å²) < 4.78 is 32.0. The molecule has 0 bridgehead atoms. The number of carbonyl (C=O) groups excluding carboxylic acids is 1. The fourth-order valence-corrected chi connectivity index (χ4v) is 2.00. The van der Waals surface area contributed by atoms with Crippen molar-refractivity contribution in [3.05, 3.63) is 59.7 Å². The monoisotopic (exact) mass is 319 g/mol. The molecule has 1 amide bonds. The zero-order chi connectivity index (χ0) is 17.0. The number of rotatable bonds is 4. The van der Waals surface area contributed by atoms with Crippen LogP contribution in [0.1, 0.15) is 26.3 Å². The number of anilines is 1. The normalized spacial score (nSPS) is 11.2. The van der Waals surface area contributed by atoms with Crippen molar-refractivity contribution in [3.63, 3.8) is 0 Å². The predicted octanol–water partition coefficient (Wildman–Crippen LogP) is 4.32. The van der Waals surface area contributed by atoms with E-state index < -0.39 is 11.6 Å². The van der Waals surface area contributed by atoms with Crippen LogP contribution in [0.4, 0.5) is 14.5 Å². The Bertz CT molecular complexity index is 691. The second-order valence-electron chi connectivity index (χ2n) is 6.21. The summed E-state index contributed by atoms with van der Waals surface area (Å²) in [6, 6.07) is 10.1. The van der Waals surface area contributed by atoms with Crippen molar-refractivity contribution in [1.29, 1.82) is 0 Å². The molecule has 0 saturated heterocycles. The van der Waals surface area contributed by atoms with Crippen molar-refractivity contribution in [1.82, 2.24) is 0 Å². The van der Waals surface area contributed by atoms with Crippen LogP contribution in [0.5, 0.6) is 5.75 Å². The van der Waals surface area contributed by atoms with Gasteiger partial charge in [-0.25, -0.2) is 8.78 Å². The molecule has 23 heavy (non-hydrogen) atoms. The van der Waals surface area contributed by atoms with Crippen molar-refractivity contribution in [3.8, 4) is 5.75 Å². The van der Waals surface area contributed by atoms with Gasteiger partial charge >= 0.3 is 0 Å². The lowest BCUT2D eigenvalue weighted by Gasteiger charge is -2.21. The Morgan fingerprint density at radius 2 is 1.74 bits per heavy atom. The third-order valence-electron chi connectivity index (χ3n) is 2.92. The lowest BCUT2D eigenvalue weighted by atomic mass is 10.1. The molecule has 122 valence electrons. The number of hydrogen-bond donors (Lipinski definition) is 1. The third-order valence-corrected chi connectivity index (χ3v) is 2.92. The summed E-state index contributed by atoms with van der Waals surface area (Å²) in [6.07, 6.45) is 0.0899. The van der Waals surface area contributed by atoms with Crippen molar-refractivity contribution < 1.29 is 18.3 Å². The molecular weight excluding hydrogens is 300 g/mol. The molecule has 0 fully saturated rings. The molecule has 2 rings (SSSR count). The Morgan fingerprint density at radius 3 is 2.30 bits per heavy atom. The van der Waals surface area contributed by atoms with Crippen molar-refractivity contribution in [2.24, 2.45) is 0 Å². The number of halogens is 2. The number of hydrogen-bond acceptors (Lipinski definition) is 2. The highest BCUT2D eigenvalue weighted by atomic mass is 19.1. The van der Waals surface area contributed by atoms with Gasteiger partial charge < -0.3 is 10.1 Å². The maximum absolute atomic E-state index is 13.5. The molecule has 2 aromatic carbocycles. The molecule has 3 nitrogen and oxygen atoms in total. The smallest absolute Gasteiger partial charge is 0.228 e. The Balaban J connectivity index is 1.97. The van der Waals surface area contributed by atoms with Crippen molar-refractivity contribution in [2.45, 2.75) is 32.8 Å². The van der Waals surface area contributed by atoms with Crippen LogP contribution in [0.2, 0.25) is 0 Å². The molecule has 0 unspecified atom stereocenters. The van der Waals surface area contributed by atoms with E-state index in [0.717, 1.165) is 17.7 Å². The van der Waals surface area contributed by atoms with Gasteiger partial charge in [-0.1, -0.05) is 12.1 Å². The minimum atomic E-state index is -0.799. The SMILES string of the molecule is CC(C)(C)Oc1ccc(CC(=O)Nc2ccc(F)cc2F)cc1. The topological polar surface area (TPSA) is 38.3 Å². The van der Waals surface area contributed by atoms with Crippen LogP contribution in [-0.2, 0) is 11.2 Å². The largest absolute Gasteiger partial charge is 0.488 e. The average Bonchev–Trinajstić information content (AvgIpc) is 2.42. The van der Waals surface area contributed by atoms with E-state index in [4.69, 9.17) is 4.74 Å². The van der Waals surface area contributed by atoms with Gasteiger partial charge in [0.1, 0.15) is 23.0 Å². The van der Waals surface area contributed by atoms with Gasteiger partial charge in [0.15, 0.2) is 0 Å². The van der Waals surface area contributed by atoms with Gasteiger partial charge in [-0.2, -0.15) is 0 Å². The van der Waals surface area contributed by atoms with Crippen LogP contribution < -0.4 is 10.1 Å². The first kappa shape index (κ1) is 16.9. The Kier molecular flexibility index (Phi) is 4.98. The second-order valence-corrected chi connectivity index (χ2v) is 6.21. The summed E-state index contributed by atoms with van der Waals surface area (Å²) in [5.74, 6) is -1.14. The van der Waals surface area contributed by atoms with Crippen LogP contribution >= 0.6 is 0 Å². The summed E-state index contributed by atoms with van der Waals surface area (Å²) in [7, 11) is 0. The number of benzene rings is 2. The lowest BCUT2D eigenvalue weighted by Crippen LogP contribution is -2.22. The summed E-state index contributed by atoms with van der Waals surface area (Å²) in [5, 5.41) is 2.43. The van der Waals surface area contributed by atoms with Crippen molar-refractivity contribution in [2.75, 3.05) is 5.32 Å². The quantitative estimate of drug-likeness (QED) is 0.911. The molecule has 0 aromatic heterocycles. The molecule has 0 spiro atoms. The standard InChI is InChI=1S/C18H19F2NO2/c1-18(2,3)23-14-7-4-12(5-8-14)10-17(22)21-16-9-6-13(19)11-15(16)20/h4-9,11H,10H2,1-3H3,(H,21,22). The first-order valence-corrected chi connectivity index (χ1v) is 7.26. The predicted molar refractivity (Wildman–Crippen MR) is 85.5 cm³/mol.